The third kappa shape index (κ3) is 2.54. The van der Waals surface area contributed by atoms with Crippen LogP contribution in [-0.2, 0) is 0 Å². The van der Waals surface area contributed by atoms with Gasteiger partial charge in [-0.05, 0) is 36.8 Å². The average Bonchev–Trinajstić information content (AvgIpc) is 2.72. The summed E-state index contributed by atoms with van der Waals surface area (Å²) in [7, 11) is 0. The smallest absolute Gasteiger partial charge is 0.345 e. The van der Waals surface area contributed by atoms with Crippen LogP contribution < -0.4 is 0 Å². The average molecular weight is 332 g/mol. The molecule has 0 unspecified atom stereocenters. The van der Waals surface area contributed by atoms with Gasteiger partial charge in [-0.25, -0.2) is 4.79 Å². The molecule has 2 rings (SSSR count). The van der Waals surface area contributed by atoms with Crippen molar-refractivity contribution in [1.82, 2.24) is 0 Å². The second-order valence-corrected chi connectivity index (χ2v) is 5.90. The quantitative estimate of drug-likeness (QED) is 0.855. The maximum Gasteiger partial charge on any atom is 0.345 e. The van der Waals surface area contributed by atoms with E-state index in [4.69, 9.17) is 16.7 Å². The predicted molar refractivity (Wildman–Crippen MR) is 74.2 cm³/mol. The van der Waals surface area contributed by atoms with Crippen molar-refractivity contribution in [2.24, 2.45) is 0 Å². The molecule has 2 nitrogen and oxygen atoms in total. The summed E-state index contributed by atoms with van der Waals surface area (Å²) in [6.45, 7) is 1.92. The number of aryl methyl sites for hydroxylation is 1. The SMILES string of the molecule is Cc1cc(Br)c(-c2ccc(C(=O)O)s2)cc1Cl. The van der Waals surface area contributed by atoms with Gasteiger partial charge in [0.2, 0.25) is 0 Å². The largest absolute Gasteiger partial charge is 0.477 e. The van der Waals surface area contributed by atoms with Gasteiger partial charge in [-0.1, -0.05) is 27.5 Å². The number of carboxylic acids is 1. The van der Waals surface area contributed by atoms with Crippen molar-refractivity contribution in [2.75, 3.05) is 0 Å². The molecule has 0 spiro atoms. The lowest BCUT2D eigenvalue weighted by Gasteiger charge is -2.05. The zero-order valence-electron chi connectivity index (χ0n) is 8.83. The number of hydrogen-bond acceptors (Lipinski definition) is 2. The summed E-state index contributed by atoms with van der Waals surface area (Å²) < 4.78 is 0.915. The van der Waals surface area contributed by atoms with Crippen molar-refractivity contribution in [3.63, 3.8) is 0 Å². The fraction of sp³-hybridized carbons (Fsp3) is 0.0833. The van der Waals surface area contributed by atoms with Crippen molar-refractivity contribution < 1.29 is 9.90 Å². The molecule has 0 aliphatic heterocycles. The van der Waals surface area contributed by atoms with Crippen molar-refractivity contribution in [3.8, 4) is 10.4 Å². The molecule has 0 fully saturated rings. The number of carbonyl (C=O) groups is 1. The van der Waals surface area contributed by atoms with Gasteiger partial charge < -0.3 is 5.11 Å². The maximum atomic E-state index is 10.8. The molecule has 0 atom stereocenters. The number of rotatable bonds is 2. The van der Waals surface area contributed by atoms with E-state index in [9.17, 15) is 4.79 Å². The Balaban J connectivity index is 2.52. The molecule has 1 heterocycles. The predicted octanol–water partition coefficient (Wildman–Crippen LogP) is 4.84. The molecule has 0 bridgehead atoms. The number of halogens is 2. The van der Waals surface area contributed by atoms with Crippen LogP contribution in [0.5, 0.6) is 0 Å². The van der Waals surface area contributed by atoms with Gasteiger partial charge in [0, 0.05) is 19.9 Å². The number of hydrogen-bond donors (Lipinski definition) is 1. The first kappa shape index (κ1) is 12.6. The molecule has 17 heavy (non-hydrogen) atoms. The number of thiophene rings is 1. The first-order valence-corrected chi connectivity index (χ1v) is 6.77. The van der Waals surface area contributed by atoms with Crippen LogP contribution in [0, 0.1) is 6.92 Å². The Kier molecular flexibility index (Phi) is 3.56. The second-order valence-electron chi connectivity index (χ2n) is 3.55. The van der Waals surface area contributed by atoms with E-state index in [1.165, 1.54) is 11.3 Å². The van der Waals surface area contributed by atoms with Crippen molar-refractivity contribution in [3.05, 3.63) is 44.2 Å². The summed E-state index contributed by atoms with van der Waals surface area (Å²) in [6, 6.07) is 7.17. The van der Waals surface area contributed by atoms with E-state index < -0.39 is 5.97 Å². The summed E-state index contributed by atoms with van der Waals surface area (Å²) in [5.74, 6) is -0.907. The van der Waals surface area contributed by atoms with Crippen LogP contribution in [0.1, 0.15) is 15.2 Å². The minimum atomic E-state index is -0.907. The Bertz CT molecular complexity index is 592. The summed E-state index contributed by atoms with van der Waals surface area (Å²) in [5.41, 5.74) is 1.90. The molecule has 0 amide bonds. The second kappa shape index (κ2) is 4.80. The standard InChI is InChI=1S/C12H8BrClO2S/c1-6-4-8(13)7(5-9(6)14)10-2-3-11(17-10)12(15)16/h2-5H,1H3,(H,15,16). The summed E-state index contributed by atoms with van der Waals surface area (Å²) in [5, 5.41) is 9.56. The molecule has 0 aliphatic rings. The van der Waals surface area contributed by atoms with Crippen LogP contribution in [0.3, 0.4) is 0 Å². The topological polar surface area (TPSA) is 37.3 Å². The fourth-order valence-corrected chi connectivity index (χ4v) is 3.27. The van der Waals surface area contributed by atoms with E-state index in [2.05, 4.69) is 15.9 Å². The molecule has 5 heteroatoms. The normalized spacial score (nSPS) is 10.5. The molecule has 0 radical (unpaired) electrons. The Morgan fingerprint density at radius 3 is 2.71 bits per heavy atom. The van der Waals surface area contributed by atoms with E-state index in [1.54, 1.807) is 12.1 Å². The molecular formula is C12H8BrClO2S. The number of carboxylic acid groups (broad SMARTS) is 1. The van der Waals surface area contributed by atoms with Crippen LogP contribution >= 0.6 is 38.9 Å². The third-order valence-corrected chi connectivity index (χ3v) is 4.50. The molecule has 2 aromatic rings. The lowest BCUT2D eigenvalue weighted by atomic mass is 10.1. The molecule has 1 aromatic heterocycles. The minimum Gasteiger partial charge on any atom is -0.477 e. The van der Waals surface area contributed by atoms with Gasteiger partial charge >= 0.3 is 5.97 Å². The van der Waals surface area contributed by atoms with Gasteiger partial charge in [0.05, 0.1) is 0 Å². The number of aromatic carboxylic acids is 1. The van der Waals surface area contributed by atoms with E-state index in [1.807, 2.05) is 19.1 Å². The molecule has 88 valence electrons. The highest BCUT2D eigenvalue weighted by atomic mass is 79.9. The lowest BCUT2D eigenvalue weighted by molar-refractivity contribution is 0.0702. The Labute approximate surface area is 116 Å². The van der Waals surface area contributed by atoms with Crippen LogP contribution in [0.15, 0.2) is 28.7 Å². The zero-order chi connectivity index (χ0) is 12.6. The van der Waals surface area contributed by atoms with Crippen LogP contribution in [0.25, 0.3) is 10.4 Å². The summed E-state index contributed by atoms with van der Waals surface area (Å²) in [6.07, 6.45) is 0. The van der Waals surface area contributed by atoms with Crippen LogP contribution in [-0.4, -0.2) is 11.1 Å². The molecule has 0 saturated carbocycles. The van der Waals surface area contributed by atoms with Gasteiger partial charge in [-0.15, -0.1) is 11.3 Å². The Morgan fingerprint density at radius 1 is 1.41 bits per heavy atom. The molecule has 0 aliphatic carbocycles. The molecule has 0 saturated heterocycles. The molecular weight excluding hydrogens is 324 g/mol. The highest BCUT2D eigenvalue weighted by Crippen LogP contribution is 2.36. The highest BCUT2D eigenvalue weighted by Gasteiger charge is 2.12. The first-order valence-electron chi connectivity index (χ1n) is 4.78. The van der Waals surface area contributed by atoms with Gasteiger partial charge in [0.15, 0.2) is 0 Å². The fourth-order valence-electron chi connectivity index (χ4n) is 1.43. The lowest BCUT2D eigenvalue weighted by Crippen LogP contribution is -1.89. The van der Waals surface area contributed by atoms with Gasteiger partial charge in [0.25, 0.3) is 0 Å². The first-order chi connectivity index (χ1) is 7.99. The zero-order valence-corrected chi connectivity index (χ0v) is 12.0. The minimum absolute atomic E-state index is 0.323. The molecule has 1 N–H and O–H groups in total. The number of benzene rings is 1. The Morgan fingerprint density at radius 2 is 2.12 bits per heavy atom. The van der Waals surface area contributed by atoms with Crippen molar-refractivity contribution in [2.45, 2.75) is 6.92 Å². The van der Waals surface area contributed by atoms with Crippen molar-refractivity contribution >= 4 is 44.8 Å². The van der Waals surface area contributed by atoms with Gasteiger partial charge in [-0.3, -0.25) is 0 Å². The third-order valence-electron chi connectivity index (χ3n) is 2.33. The van der Waals surface area contributed by atoms with Crippen molar-refractivity contribution in [1.29, 1.82) is 0 Å². The van der Waals surface area contributed by atoms with Gasteiger partial charge in [-0.2, -0.15) is 0 Å². The Hall–Kier alpha value is -0.840. The van der Waals surface area contributed by atoms with Crippen LogP contribution in [0.4, 0.5) is 0 Å². The summed E-state index contributed by atoms with van der Waals surface area (Å²) >= 11 is 10.8. The van der Waals surface area contributed by atoms with Gasteiger partial charge in [0.1, 0.15) is 4.88 Å². The monoisotopic (exact) mass is 330 g/mol. The van der Waals surface area contributed by atoms with Crippen LogP contribution in [0.2, 0.25) is 5.02 Å². The molecule has 1 aromatic carbocycles. The highest BCUT2D eigenvalue weighted by molar-refractivity contribution is 9.10. The van der Waals surface area contributed by atoms with E-state index >= 15 is 0 Å². The van der Waals surface area contributed by atoms with E-state index in [0.717, 1.165) is 20.5 Å². The van der Waals surface area contributed by atoms with E-state index in [-0.39, 0.29) is 0 Å². The maximum absolute atomic E-state index is 10.8. The van der Waals surface area contributed by atoms with E-state index in [0.29, 0.717) is 9.90 Å². The summed E-state index contributed by atoms with van der Waals surface area (Å²) in [4.78, 5) is 12.0.